The SMILES string of the molecule is C[C@@](Cc1ccc(O)c(O)c1)(NN)C(=O)OCC(=O)Oc1ccccc1. The lowest BCUT2D eigenvalue weighted by atomic mass is 9.93. The molecule has 1 atom stereocenters. The Morgan fingerprint density at radius 1 is 1.12 bits per heavy atom. The molecule has 0 aliphatic rings. The fourth-order valence-corrected chi connectivity index (χ4v) is 2.20. The number of nitrogens with one attached hydrogen (secondary N) is 1. The Bertz CT molecular complexity index is 781. The highest BCUT2D eigenvalue weighted by atomic mass is 16.6. The van der Waals surface area contributed by atoms with E-state index in [1.54, 1.807) is 30.3 Å². The molecule has 2 aromatic carbocycles. The predicted molar refractivity (Wildman–Crippen MR) is 92.2 cm³/mol. The molecule has 26 heavy (non-hydrogen) atoms. The van der Waals surface area contributed by atoms with E-state index in [2.05, 4.69) is 5.43 Å². The summed E-state index contributed by atoms with van der Waals surface area (Å²) in [4.78, 5) is 24.1. The molecule has 2 aromatic rings. The van der Waals surface area contributed by atoms with Gasteiger partial charge in [-0.3, -0.25) is 5.84 Å². The van der Waals surface area contributed by atoms with Gasteiger partial charge in [0.1, 0.15) is 11.3 Å². The molecular weight excluding hydrogens is 340 g/mol. The van der Waals surface area contributed by atoms with Crippen LogP contribution in [0.3, 0.4) is 0 Å². The summed E-state index contributed by atoms with van der Waals surface area (Å²) < 4.78 is 10.0. The minimum absolute atomic E-state index is 0.0594. The van der Waals surface area contributed by atoms with E-state index in [0.29, 0.717) is 11.3 Å². The second-order valence-corrected chi connectivity index (χ2v) is 5.84. The number of carbonyl (C=O) groups excluding carboxylic acids is 2. The number of para-hydroxylation sites is 1. The number of nitrogens with two attached hydrogens (primary N) is 1. The molecule has 0 aliphatic heterocycles. The van der Waals surface area contributed by atoms with Gasteiger partial charge in [0, 0.05) is 6.42 Å². The first-order chi connectivity index (χ1) is 12.3. The fourth-order valence-electron chi connectivity index (χ4n) is 2.20. The number of carbonyl (C=O) groups is 2. The van der Waals surface area contributed by atoms with E-state index in [-0.39, 0.29) is 17.9 Å². The van der Waals surface area contributed by atoms with Crippen LogP contribution in [0.15, 0.2) is 48.5 Å². The van der Waals surface area contributed by atoms with Gasteiger partial charge in [0.25, 0.3) is 0 Å². The summed E-state index contributed by atoms with van der Waals surface area (Å²) in [6.45, 7) is 0.910. The van der Waals surface area contributed by atoms with Crippen LogP contribution in [0, 0.1) is 0 Å². The average molecular weight is 360 g/mol. The lowest BCUT2D eigenvalue weighted by Gasteiger charge is -2.26. The van der Waals surface area contributed by atoms with Crippen molar-refractivity contribution in [1.29, 1.82) is 0 Å². The highest BCUT2D eigenvalue weighted by Crippen LogP contribution is 2.27. The maximum Gasteiger partial charge on any atom is 0.349 e. The van der Waals surface area contributed by atoms with Gasteiger partial charge in [-0.25, -0.2) is 15.0 Å². The van der Waals surface area contributed by atoms with Crippen molar-refractivity contribution >= 4 is 11.9 Å². The summed E-state index contributed by atoms with van der Waals surface area (Å²) in [5.41, 5.74) is 1.54. The van der Waals surface area contributed by atoms with Crippen molar-refractivity contribution in [2.24, 2.45) is 5.84 Å². The smallest absolute Gasteiger partial charge is 0.349 e. The quantitative estimate of drug-likeness (QED) is 0.189. The Balaban J connectivity index is 1.96. The number of hydrogen-bond donors (Lipinski definition) is 4. The van der Waals surface area contributed by atoms with Gasteiger partial charge in [-0.2, -0.15) is 0 Å². The van der Waals surface area contributed by atoms with E-state index < -0.39 is 24.1 Å². The number of phenolic OH excluding ortho intramolecular Hbond substituents is 2. The van der Waals surface area contributed by atoms with Crippen LogP contribution >= 0.6 is 0 Å². The van der Waals surface area contributed by atoms with Crippen LogP contribution in [0.4, 0.5) is 0 Å². The van der Waals surface area contributed by atoms with Crippen LogP contribution < -0.4 is 16.0 Å². The second kappa shape index (κ2) is 8.32. The van der Waals surface area contributed by atoms with Crippen LogP contribution in [-0.2, 0) is 20.7 Å². The van der Waals surface area contributed by atoms with Crippen LogP contribution in [0.2, 0.25) is 0 Å². The molecule has 8 heteroatoms. The monoisotopic (exact) mass is 360 g/mol. The van der Waals surface area contributed by atoms with Crippen LogP contribution in [0.1, 0.15) is 12.5 Å². The summed E-state index contributed by atoms with van der Waals surface area (Å²) in [5.74, 6) is 3.73. The van der Waals surface area contributed by atoms with Crippen molar-refractivity contribution in [3.05, 3.63) is 54.1 Å². The third-order valence-electron chi connectivity index (χ3n) is 3.66. The minimum atomic E-state index is -1.35. The topological polar surface area (TPSA) is 131 Å². The lowest BCUT2D eigenvalue weighted by molar-refractivity contribution is -0.158. The molecule has 0 radical (unpaired) electrons. The lowest BCUT2D eigenvalue weighted by Crippen LogP contribution is -2.55. The van der Waals surface area contributed by atoms with Crippen LogP contribution in [0.5, 0.6) is 17.2 Å². The Labute approximate surface area is 150 Å². The fraction of sp³-hybridized carbons (Fsp3) is 0.222. The molecule has 2 rings (SSSR count). The van der Waals surface area contributed by atoms with E-state index in [4.69, 9.17) is 15.3 Å². The van der Waals surface area contributed by atoms with Crippen molar-refractivity contribution in [3.63, 3.8) is 0 Å². The first-order valence-corrected chi connectivity index (χ1v) is 7.75. The van der Waals surface area contributed by atoms with Gasteiger partial charge in [-0.05, 0) is 36.8 Å². The number of esters is 2. The van der Waals surface area contributed by atoms with Crippen molar-refractivity contribution in [2.45, 2.75) is 18.9 Å². The summed E-state index contributed by atoms with van der Waals surface area (Å²) in [7, 11) is 0. The maximum absolute atomic E-state index is 12.3. The van der Waals surface area contributed by atoms with Gasteiger partial charge >= 0.3 is 11.9 Å². The van der Waals surface area contributed by atoms with E-state index in [0.717, 1.165) is 0 Å². The van der Waals surface area contributed by atoms with Gasteiger partial charge in [-0.1, -0.05) is 24.3 Å². The molecule has 0 amide bonds. The van der Waals surface area contributed by atoms with Crippen molar-refractivity contribution in [3.8, 4) is 17.2 Å². The van der Waals surface area contributed by atoms with Gasteiger partial charge in [0.15, 0.2) is 18.1 Å². The molecule has 138 valence electrons. The number of phenols is 2. The molecular formula is C18H20N2O6. The Morgan fingerprint density at radius 3 is 2.42 bits per heavy atom. The molecule has 0 saturated carbocycles. The zero-order valence-corrected chi connectivity index (χ0v) is 14.1. The summed E-state index contributed by atoms with van der Waals surface area (Å²) >= 11 is 0. The van der Waals surface area contributed by atoms with E-state index in [1.807, 2.05) is 0 Å². The van der Waals surface area contributed by atoms with Gasteiger partial charge < -0.3 is 19.7 Å². The molecule has 0 spiro atoms. The third-order valence-corrected chi connectivity index (χ3v) is 3.66. The molecule has 5 N–H and O–H groups in total. The van der Waals surface area contributed by atoms with E-state index in [1.165, 1.54) is 25.1 Å². The maximum atomic E-state index is 12.3. The minimum Gasteiger partial charge on any atom is -0.504 e. The van der Waals surface area contributed by atoms with Crippen LogP contribution in [-0.4, -0.2) is 34.3 Å². The zero-order chi connectivity index (χ0) is 19.2. The highest BCUT2D eigenvalue weighted by Gasteiger charge is 2.34. The zero-order valence-electron chi connectivity index (χ0n) is 14.1. The predicted octanol–water partition coefficient (Wildman–Crippen LogP) is 1.01. The number of benzene rings is 2. The van der Waals surface area contributed by atoms with E-state index >= 15 is 0 Å². The van der Waals surface area contributed by atoms with Crippen molar-refractivity contribution in [1.82, 2.24) is 5.43 Å². The Morgan fingerprint density at radius 2 is 1.81 bits per heavy atom. The first kappa shape index (κ1) is 19.2. The Kier molecular flexibility index (Phi) is 6.16. The number of aromatic hydroxyl groups is 2. The number of rotatable bonds is 7. The number of hydrazine groups is 1. The van der Waals surface area contributed by atoms with Crippen molar-refractivity contribution < 1.29 is 29.3 Å². The second-order valence-electron chi connectivity index (χ2n) is 5.84. The van der Waals surface area contributed by atoms with E-state index in [9.17, 15) is 19.8 Å². The molecule has 0 fully saturated rings. The standard InChI is InChI=1S/C18H20N2O6/c1-18(20-19,10-12-7-8-14(21)15(22)9-12)17(24)25-11-16(23)26-13-5-3-2-4-6-13/h2-9,20-22H,10-11,19H2,1H3/t18-/m0/s1. The van der Waals surface area contributed by atoms with Crippen molar-refractivity contribution in [2.75, 3.05) is 6.61 Å². The van der Waals surface area contributed by atoms with Gasteiger partial charge in [0.05, 0.1) is 0 Å². The van der Waals surface area contributed by atoms with Crippen LogP contribution in [0.25, 0.3) is 0 Å². The number of hydrogen-bond acceptors (Lipinski definition) is 8. The Hall–Kier alpha value is -3.10. The molecule has 0 bridgehead atoms. The normalized spacial score (nSPS) is 12.8. The summed E-state index contributed by atoms with van der Waals surface area (Å²) in [5, 5.41) is 18.9. The molecule has 0 aliphatic carbocycles. The third kappa shape index (κ3) is 4.95. The van der Waals surface area contributed by atoms with Gasteiger partial charge in [-0.15, -0.1) is 0 Å². The molecule has 0 heterocycles. The largest absolute Gasteiger partial charge is 0.504 e. The molecule has 0 aromatic heterocycles. The molecule has 0 unspecified atom stereocenters. The number of ether oxygens (including phenoxy) is 2. The average Bonchev–Trinajstić information content (AvgIpc) is 2.63. The van der Waals surface area contributed by atoms with Gasteiger partial charge in [0.2, 0.25) is 0 Å². The summed E-state index contributed by atoms with van der Waals surface area (Å²) in [6, 6.07) is 12.5. The first-order valence-electron chi connectivity index (χ1n) is 7.75. The summed E-state index contributed by atoms with van der Waals surface area (Å²) in [6.07, 6.45) is 0.0594. The molecule has 8 nitrogen and oxygen atoms in total. The molecule has 0 saturated heterocycles. The highest BCUT2D eigenvalue weighted by molar-refractivity contribution is 5.83.